The molecule has 0 spiro atoms. The van der Waals surface area contributed by atoms with Crippen LogP contribution in [0.5, 0.6) is 5.88 Å². The lowest BCUT2D eigenvalue weighted by Crippen LogP contribution is -2.35. The summed E-state index contributed by atoms with van der Waals surface area (Å²) in [5.74, 6) is 1.00. The molecular weight excluding hydrogens is 589 g/mol. The molecule has 0 amide bonds. The van der Waals surface area contributed by atoms with Gasteiger partial charge in [-0.2, -0.15) is 18.3 Å². The maximum atomic E-state index is 13.0. The number of ether oxygens (including phenoxy) is 3. The van der Waals surface area contributed by atoms with E-state index in [1.54, 1.807) is 19.4 Å². The Morgan fingerprint density at radius 1 is 1.18 bits per heavy atom. The summed E-state index contributed by atoms with van der Waals surface area (Å²) >= 11 is 0. The zero-order chi connectivity index (χ0) is 31.6. The molecule has 6 heterocycles. The van der Waals surface area contributed by atoms with E-state index in [2.05, 4.69) is 31.1 Å². The molecule has 1 N–H and O–H groups in total. The highest BCUT2D eigenvalue weighted by Crippen LogP contribution is 2.31. The average molecular weight is 625 g/mol. The van der Waals surface area contributed by atoms with Crippen molar-refractivity contribution in [2.75, 3.05) is 33.4 Å². The number of piperidine rings is 1. The Labute approximate surface area is 258 Å². The van der Waals surface area contributed by atoms with Crippen LogP contribution in [0, 0.1) is 0 Å². The third-order valence-corrected chi connectivity index (χ3v) is 8.32. The van der Waals surface area contributed by atoms with Crippen LogP contribution in [0.4, 0.5) is 13.2 Å². The van der Waals surface area contributed by atoms with E-state index in [1.807, 2.05) is 36.3 Å². The molecule has 2 saturated heterocycles. The molecule has 11 nitrogen and oxygen atoms in total. The van der Waals surface area contributed by atoms with Crippen LogP contribution in [0.15, 0.2) is 54.4 Å². The fourth-order valence-electron chi connectivity index (χ4n) is 5.59. The summed E-state index contributed by atoms with van der Waals surface area (Å²) in [4.78, 5) is 20.0. The van der Waals surface area contributed by atoms with Crippen molar-refractivity contribution in [1.82, 2.24) is 39.6 Å². The Morgan fingerprint density at radius 3 is 2.64 bits per heavy atom. The second-order valence-corrected chi connectivity index (χ2v) is 11.2. The van der Waals surface area contributed by atoms with Crippen LogP contribution in [-0.4, -0.2) is 79.1 Å². The van der Waals surface area contributed by atoms with Crippen molar-refractivity contribution in [3.05, 3.63) is 71.8 Å². The van der Waals surface area contributed by atoms with Crippen LogP contribution < -0.4 is 4.74 Å². The molecule has 2 fully saturated rings. The van der Waals surface area contributed by atoms with E-state index in [4.69, 9.17) is 24.2 Å². The van der Waals surface area contributed by atoms with Gasteiger partial charge in [0, 0.05) is 29.9 Å². The minimum Gasteiger partial charge on any atom is -0.497 e. The zero-order valence-corrected chi connectivity index (χ0v) is 25.2. The van der Waals surface area contributed by atoms with Crippen LogP contribution >= 0.6 is 0 Å². The van der Waals surface area contributed by atoms with Gasteiger partial charge in [0.1, 0.15) is 23.9 Å². The molecule has 1 atom stereocenters. The lowest BCUT2D eigenvalue weighted by atomic mass is 9.93. The first-order valence-electron chi connectivity index (χ1n) is 14.9. The summed E-state index contributed by atoms with van der Waals surface area (Å²) in [5, 5.41) is 5.66. The first kappa shape index (κ1) is 30.7. The number of pyridine rings is 2. The minimum absolute atomic E-state index is 0.0888. The number of nitrogens with one attached hydrogen (secondary N) is 1. The molecule has 0 radical (unpaired) electrons. The molecule has 4 aromatic heterocycles. The molecule has 45 heavy (non-hydrogen) atoms. The number of rotatable bonds is 11. The van der Waals surface area contributed by atoms with Crippen molar-refractivity contribution >= 4 is 11.0 Å². The van der Waals surface area contributed by atoms with Crippen LogP contribution in [0.1, 0.15) is 49.4 Å². The first-order chi connectivity index (χ1) is 21.7. The fourth-order valence-corrected chi connectivity index (χ4v) is 5.59. The fraction of sp³-hybridized carbons (Fsp3) is 0.452. The molecule has 0 aliphatic carbocycles. The Hall–Kier alpha value is -4.30. The van der Waals surface area contributed by atoms with Crippen molar-refractivity contribution in [3.8, 4) is 17.4 Å². The van der Waals surface area contributed by atoms with E-state index < -0.39 is 12.0 Å². The number of aromatic amines is 1. The maximum absolute atomic E-state index is 13.0. The number of allylic oxidation sites excluding steroid dienone is 1. The number of halogens is 3. The van der Waals surface area contributed by atoms with Gasteiger partial charge in [0.2, 0.25) is 11.7 Å². The number of nitrogens with zero attached hydrogens (tertiary/aromatic N) is 7. The summed E-state index contributed by atoms with van der Waals surface area (Å²) in [6.45, 7) is 9.84. The average Bonchev–Trinajstić information content (AvgIpc) is 3.65. The molecule has 0 bridgehead atoms. The van der Waals surface area contributed by atoms with E-state index in [9.17, 15) is 13.2 Å². The third kappa shape index (κ3) is 6.86. The molecule has 0 unspecified atom stereocenters. The normalized spacial score (nSPS) is 18.2. The highest BCUT2D eigenvalue weighted by molar-refractivity contribution is 5.78. The number of hydrogen-bond acceptors (Lipinski definition) is 9. The highest BCUT2D eigenvalue weighted by atomic mass is 19.4. The van der Waals surface area contributed by atoms with Gasteiger partial charge in [-0.25, -0.2) is 15.0 Å². The molecular formula is C31H35F3N8O3. The third-order valence-electron chi connectivity index (χ3n) is 8.32. The standard InChI is InChI=1S/C31H35F3N8O3/c1-4-20(19(2)43-3)18-45-28-7-5-6-23(37-28)21-8-11-41(12-9-21)17-27-36-24-14-25(29-38-30(40-39-29)31(32,33)34)35-15-26(24)42(27)16-22-10-13-44-22/h4-7,14-15,21-22H,2,8-13,16-18H2,1,3H3,(H,38,39,40)/b20-4-/t22-/m0/s1. The molecule has 2 aliphatic rings. The Kier molecular flexibility index (Phi) is 8.85. The van der Waals surface area contributed by atoms with Crippen molar-refractivity contribution in [2.45, 2.75) is 57.5 Å². The lowest BCUT2D eigenvalue weighted by Gasteiger charge is -2.32. The number of hydrogen-bond donors (Lipinski definition) is 1. The van der Waals surface area contributed by atoms with Crippen LogP contribution in [0.25, 0.3) is 22.6 Å². The Bertz CT molecular complexity index is 1690. The van der Waals surface area contributed by atoms with Crippen molar-refractivity contribution in [2.24, 2.45) is 0 Å². The van der Waals surface area contributed by atoms with E-state index in [-0.39, 0.29) is 17.6 Å². The SMILES string of the molecule is C=C(OC)/C(=C\C)COc1cccc(C2CCN(Cc3nc4cc(-c5n[nH]c(C(F)(F)F)n5)ncc4n3C[C@@H]3CCO3)CC2)n1. The molecule has 4 aromatic rings. The number of imidazole rings is 1. The number of likely N-dealkylation sites (tertiary alicyclic amines) is 1. The first-order valence-corrected chi connectivity index (χ1v) is 14.9. The topological polar surface area (TPSA) is 116 Å². The van der Waals surface area contributed by atoms with E-state index >= 15 is 0 Å². The summed E-state index contributed by atoms with van der Waals surface area (Å²) in [6, 6.07) is 7.51. The molecule has 2 aliphatic heterocycles. The molecule has 238 valence electrons. The second-order valence-electron chi connectivity index (χ2n) is 11.2. The van der Waals surface area contributed by atoms with Crippen molar-refractivity contribution < 1.29 is 27.4 Å². The summed E-state index contributed by atoms with van der Waals surface area (Å²) in [6.07, 6.45) is 1.83. The van der Waals surface area contributed by atoms with E-state index in [0.29, 0.717) is 42.8 Å². The molecule has 0 saturated carbocycles. The largest absolute Gasteiger partial charge is 0.497 e. The van der Waals surface area contributed by atoms with E-state index in [1.165, 1.54) is 0 Å². The number of aromatic nitrogens is 7. The van der Waals surface area contributed by atoms with E-state index in [0.717, 1.165) is 61.6 Å². The monoisotopic (exact) mass is 624 g/mol. The van der Waals surface area contributed by atoms with Gasteiger partial charge in [0.05, 0.1) is 43.5 Å². The minimum atomic E-state index is -4.62. The van der Waals surface area contributed by atoms with Crippen molar-refractivity contribution in [3.63, 3.8) is 0 Å². The van der Waals surface area contributed by atoms with Crippen LogP contribution in [0.2, 0.25) is 0 Å². The van der Waals surface area contributed by atoms with Crippen molar-refractivity contribution in [1.29, 1.82) is 0 Å². The number of H-pyrrole nitrogens is 1. The van der Waals surface area contributed by atoms with Gasteiger partial charge >= 0.3 is 6.18 Å². The van der Waals surface area contributed by atoms with Gasteiger partial charge in [-0.05, 0) is 51.4 Å². The summed E-state index contributed by atoms with van der Waals surface area (Å²) in [5.41, 5.74) is 3.51. The predicted molar refractivity (Wildman–Crippen MR) is 159 cm³/mol. The summed E-state index contributed by atoms with van der Waals surface area (Å²) in [7, 11) is 1.58. The molecule has 14 heteroatoms. The van der Waals surface area contributed by atoms with Gasteiger partial charge in [-0.15, -0.1) is 0 Å². The summed E-state index contributed by atoms with van der Waals surface area (Å²) < 4.78 is 58.1. The smallest absolute Gasteiger partial charge is 0.451 e. The van der Waals surface area contributed by atoms with Gasteiger partial charge in [-0.1, -0.05) is 18.7 Å². The second kappa shape index (κ2) is 13.0. The zero-order valence-electron chi connectivity index (χ0n) is 25.2. The van der Waals surface area contributed by atoms with Gasteiger partial charge in [0.25, 0.3) is 0 Å². The maximum Gasteiger partial charge on any atom is 0.451 e. The number of alkyl halides is 3. The van der Waals surface area contributed by atoms with Gasteiger partial charge in [-0.3, -0.25) is 15.0 Å². The predicted octanol–water partition coefficient (Wildman–Crippen LogP) is 5.28. The lowest BCUT2D eigenvalue weighted by molar-refractivity contribution is -0.144. The Morgan fingerprint density at radius 2 is 1.98 bits per heavy atom. The number of methoxy groups -OCH3 is 1. The highest BCUT2D eigenvalue weighted by Gasteiger charge is 2.35. The molecule has 0 aromatic carbocycles. The van der Waals surface area contributed by atoms with Crippen LogP contribution in [0.3, 0.4) is 0 Å². The van der Waals surface area contributed by atoms with Gasteiger partial charge < -0.3 is 18.8 Å². The van der Waals surface area contributed by atoms with Crippen LogP contribution in [-0.2, 0) is 28.7 Å². The number of fused-ring (bicyclic) bond motifs is 1. The Balaban J connectivity index is 1.14. The molecule has 6 rings (SSSR count). The van der Waals surface area contributed by atoms with Gasteiger partial charge in [0.15, 0.2) is 5.82 Å². The quantitative estimate of drug-likeness (QED) is 0.176.